The van der Waals surface area contributed by atoms with Gasteiger partial charge in [0.15, 0.2) is 5.16 Å². The van der Waals surface area contributed by atoms with Crippen LogP contribution in [-0.2, 0) is 11.8 Å². The van der Waals surface area contributed by atoms with Gasteiger partial charge in [-0.2, -0.15) is 0 Å². The van der Waals surface area contributed by atoms with Gasteiger partial charge in [-0.05, 0) is 24.8 Å². The Morgan fingerprint density at radius 2 is 2.21 bits per heavy atom. The Bertz CT molecular complexity index is 626. The van der Waals surface area contributed by atoms with Crippen LogP contribution in [0.4, 0.5) is 5.82 Å². The van der Waals surface area contributed by atoms with Crippen molar-refractivity contribution in [3.8, 4) is 0 Å². The van der Waals surface area contributed by atoms with Crippen LogP contribution < -0.4 is 5.73 Å². The molecular weight excluding hydrogens is 266 g/mol. The van der Waals surface area contributed by atoms with Gasteiger partial charge in [-0.25, -0.2) is 9.78 Å². The summed E-state index contributed by atoms with van der Waals surface area (Å²) in [6.45, 7) is 1.85. The van der Waals surface area contributed by atoms with Crippen LogP contribution in [-0.4, -0.2) is 32.8 Å². The van der Waals surface area contributed by atoms with Crippen LogP contribution in [0, 0.1) is 6.92 Å². The van der Waals surface area contributed by atoms with Crippen molar-refractivity contribution in [3.05, 3.63) is 23.7 Å². The Hall–Kier alpha value is -2.09. The molecule has 2 heterocycles. The zero-order chi connectivity index (χ0) is 14.0. The first-order chi connectivity index (χ1) is 9.02. The lowest BCUT2D eigenvalue weighted by atomic mass is 10.2. The molecule has 0 radical (unpaired) electrons. The van der Waals surface area contributed by atoms with Crippen molar-refractivity contribution in [1.82, 2.24) is 19.7 Å². The number of methoxy groups -OCH3 is 1. The summed E-state index contributed by atoms with van der Waals surface area (Å²) in [6, 6.07) is 1.48. The molecule has 0 aliphatic carbocycles. The van der Waals surface area contributed by atoms with E-state index in [0.29, 0.717) is 15.6 Å². The van der Waals surface area contributed by atoms with Gasteiger partial charge < -0.3 is 15.0 Å². The Morgan fingerprint density at radius 1 is 1.47 bits per heavy atom. The van der Waals surface area contributed by atoms with E-state index in [-0.39, 0.29) is 5.82 Å². The number of carbonyl (C=O) groups is 1. The van der Waals surface area contributed by atoms with E-state index in [4.69, 9.17) is 10.5 Å². The van der Waals surface area contributed by atoms with Gasteiger partial charge in [0.25, 0.3) is 0 Å². The van der Waals surface area contributed by atoms with Crippen molar-refractivity contribution in [2.24, 2.45) is 7.05 Å². The van der Waals surface area contributed by atoms with Gasteiger partial charge in [-0.3, -0.25) is 0 Å². The van der Waals surface area contributed by atoms with Crippen molar-refractivity contribution < 1.29 is 9.53 Å². The van der Waals surface area contributed by atoms with Gasteiger partial charge in [-0.15, -0.1) is 10.2 Å². The van der Waals surface area contributed by atoms with Crippen molar-refractivity contribution >= 4 is 23.5 Å². The predicted octanol–water partition coefficient (Wildman–Crippen LogP) is 1.04. The highest BCUT2D eigenvalue weighted by molar-refractivity contribution is 7.99. The zero-order valence-corrected chi connectivity index (χ0v) is 11.6. The number of hydrogen-bond acceptors (Lipinski definition) is 7. The average Bonchev–Trinajstić information content (AvgIpc) is 2.71. The summed E-state index contributed by atoms with van der Waals surface area (Å²) in [5.41, 5.74) is 5.95. The zero-order valence-electron chi connectivity index (χ0n) is 10.7. The smallest absolute Gasteiger partial charge is 0.339 e. The number of rotatable bonds is 3. The van der Waals surface area contributed by atoms with E-state index in [1.165, 1.54) is 31.1 Å². The number of carbonyl (C=O) groups excluding carboxylic acids is 1. The fourth-order valence-electron chi connectivity index (χ4n) is 1.38. The number of anilines is 1. The molecule has 100 valence electrons. The summed E-state index contributed by atoms with van der Waals surface area (Å²) in [5.74, 6) is 0.583. The summed E-state index contributed by atoms with van der Waals surface area (Å²) in [5, 5.41) is 8.64. The maximum atomic E-state index is 11.7. The first-order valence-electron chi connectivity index (χ1n) is 5.40. The number of nitrogens with zero attached hydrogens (tertiary/aromatic N) is 4. The topological polar surface area (TPSA) is 95.9 Å². The molecule has 0 atom stereocenters. The lowest BCUT2D eigenvalue weighted by Gasteiger charge is -2.07. The normalized spacial score (nSPS) is 10.5. The molecule has 2 aromatic heterocycles. The van der Waals surface area contributed by atoms with Gasteiger partial charge in [-0.1, -0.05) is 0 Å². The Labute approximate surface area is 114 Å². The van der Waals surface area contributed by atoms with E-state index in [1.54, 1.807) is 0 Å². The molecule has 0 bridgehead atoms. The van der Waals surface area contributed by atoms with E-state index < -0.39 is 5.97 Å². The summed E-state index contributed by atoms with van der Waals surface area (Å²) in [7, 11) is 3.17. The molecule has 0 saturated heterocycles. The first-order valence-corrected chi connectivity index (χ1v) is 6.22. The first kappa shape index (κ1) is 13.3. The van der Waals surface area contributed by atoms with E-state index >= 15 is 0 Å². The Morgan fingerprint density at radius 3 is 2.79 bits per heavy atom. The molecule has 0 aromatic carbocycles. The minimum absolute atomic E-state index is 0.263. The van der Waals surface area contributed by atoms with Crippen LogP contribution in [0.2, 0.25) is 0 Å². The molecule has 8 heteroatoms. The van der Waals surface area contributed by atoms with Gasteiger partial charge in [0.2, 0.25) is 0 Å². The fourth-order valence-corrected chi connectivity index (χ4v) is 2.29. The van der Waals surface area contributed by atoms with Crippen LogP contribution in [0.15, 0.2) is 22.3 Å². The molecule has 0 aliphatic rings. The number of nitrogens with two attached hydrogens (primary N) is 1. The number of nitrogen functional groups attached to an aromatic ring is 1. The molecule has 0 spiro atoms. The maximum Gasteiger partial charge on any atom is 0.339 e. The number of aromatic nitrogens is 4. The minimum atomic E-state index is -0.463. The highest BCUT2D eigenvalue weighted by Gasteiger charge is 2.16. The second-order valence-corrected chi connectivity index (χ2v) is 4.80. The van der Waals surface area contributed by atoms with E-state index in [9.17, 15) is 4.79 Å². The van der Waals surface area contributed by atoms with E-state index in [0.717, 1.165) is 5.82 Å². The van der Waals surface area contributed by atoms with Crippen LogP contribution in [0.5, 0.6) is 0 Å². The van der Waals surface area contributed by atoms with Gasteiger partial charge in [0.1, 0.15) is 11.6 Å². The van der Waals surface area contributed by atoms with Crippen molar-refractivity contribution in [1.29, 1.82) is 0 Å². The monoisotopic (exact) mass is 279 g/mol. The molecule has 2 N–H and O–H groups in total. The van der Waals surface area contributed by atoms with Crippen LogP contribution >= 0.6 is 11.8 Å². The second-order valence-electron chi connectivity index (χ2n) is 3.79. The largest absolute Gasteiger partial charge is 0.465 e. The molecule has 2 rings (SSSR count). The van der Waals surface area contributed by atoms with Gasteiger partial charge >= 0.3 is 5.97 Å². The summed E-state index contributed by atoms with van der Waals surface area (Å²) >= 11 is 1.28. The average molecular weight is 279 g/mol. The molecule has 0 aliphatic heterocycles. The SMILES string of the molecule is COC(=O)c1cc(N)ncc1Sc1nnc(C)n1C. The molecule has 19 heavy (non-hydrogen) atoms. The van der Waals surface area contributed by atoms with Gasteiger partial charge in [0.05, 0.1) is 12.7 Å². The third-order valence-corrected chi connectivity index (χ3v) is 3.63. The standard InChI is InChI=1S/C11H13N5O2S/c1-6-14-15-11(16(6)2)19-8-5-13-9(12)4-7(8)10(17)18-3/h4-5H,1-3H3,(H2,12,13). The molecular formula is C11H13N5O2S. The summed E-state index contributed by atoms with van der Waals surface area (Å²) < 4.78 is 6.55. The molecule has 0 unspecified atom stereocenters. The number of esters is 1. The molecule has 0 fully saturated rings. The minimum Gasteiger partial charge on any atom is -0.465 e. The van der Waals surface area contributed by atoms with Crippen LogP contribution in [0.3, 0.4) is 0 Å². The third kappa shape index (κ3) is 2.68. The number of ether oxygens (including phenoxy) is 1. The third-order valence-electron chi connectivity index (χ3n) is 2.55. The Balaban J connectivity index is 2.40. The van der Waals surface area contributed by atoms with Gasteiger partial charge in [0, 0.05) is 18.1 Å². The number of pyridine rings is 1. The number of hydrogen-bond donors (Lipinski definition) is 1. The highest BCUT2D eigenvalue weighted by atomic mass is 32.2. The van der Waals surface area contributed by atoms with Crippen molar-refractivity contribution in [2.45, 2.75) is 17.0 Å². The van der Waals surface area contributed by atoms with Crippen LogP contribution in [0.25, 0.3) is 0 Å². The Kier molecular flexibility index (Phi) is 3.70. The molecule has 0 saturated carbocycles. The lowest BCUT2D eigenvalue weighted by molar-refractivity contribution is 0.0596. The summed E-state index contributed by atoms with van der Waals surface area (Å²) in [6.07, 6.45) is 1.52. The van der Waals surface area contributed by atoms with Crippen LogP contribution in [0.1, 0.15) is 16.2 Å². The number of aryl methyl sites for hydroxylation is 1. The lowest BCUT2D eigenvalue weighted by Crippen LogP contribution is -2.06. The quantitative estimate of drug-likeness (QED) is 0.838. The van der Waals surface area contributed by atoms with Crippen molar-refractivity contribution in [3.63, 3.8) is 0 Å². The molecule has 2 aromatic rings. The fraction of sp³-hybridized carbons (Fsp3) is 0.273. The van der Waals surface area contributed by atoms with Crippen molar-refractivity contribution in [2.75, 3.05) is 12.8 Å². The van der Waals surface area contributed by atoms with E-state index in [2.05, 4.69) is 15.2 Å². The predicted molar refractivity (Wildman–Crippen MR) is 69.9 cm³/mol. The molecule has 0 amide bonds. The highest BCUT2D eigenvalue weighted by Crippen LogP contribution is 2.29. The second kappa shape index (κ2) is 5.27. The van der Waals surface area contributed by atoms with E-state index in [1.807, 2.05) is 18.5 Å². The molecule has 7 nitrogen and oxygen atoms in total. The summed E-state index contributed by atoms with van der Waals surface area (Å²) in [4.78, 5) is 16.3. The maximum absolute atomic E-state index is 11.7.